The van der Waals surface area contributed by atoms with Crippen LogP contribution in [0.2, 0.25) is 0 Å². The van der Waals surface area contributed by atoms with Gasteiger partial charge in [0.15, 0.2) is 0 Å². The summed E-state index contributed by atoms with van der Waals surface area (Å²) < 4.78 is 25.5. The number of hydrogen-bond acceptors (Lipinski definition) is 3. The highest BCUT2D eigenvalue weighted by Crippen LogP contribution is 2.43. The van der Waals surface area contributed by atoms with Gasteiger partial charge in [-0.05, 0) is 54.4 Å². The molecule has 2 N–H and O–H groups in total. The van der Waals surface area contributed by atoms with Crippen molar-refractivity contribution in [3.8, 4) is 0 Å². The van der Waals surface area contributed by atoms with Crippen LogP contribution in [0.3, 0.4) is 0 Å². The summed E-state index contributed by atoms with van der Waals surface area (Å²) in [7, 11) is -1.07. The third kappa shape index (κ3) is 3.64. The average molecular weight is 359 g/mol. The number of carboxylic acids is 1. The Morgan fingerprint density at radius 2 is 1.96 bits per heavy atom. The van der Waals surface area contributed by atoms with Gasteiger partial charge in [0.05, 0.1) is 6.42 Å². The molecule has 0 spiro atoms. The number of nitrogens with one attached hydrogen (secondary N) is 1. The van der Waals surface area contributed by atoms with Crippen molar-refractivity contribution >= 4 is 34.2 Å². The van der Waals surface area contributed by atoms with Crippen molar-refractivity contribution in [1.82, 2.24) is 0 Å². The summed E-state index contributed by atoms with van der Waals surface area (Å²) in [5.74, 6) is -1.55. The van der Waals surface area contributed by atoms with Crippen molar-refractivity contribution in [1.29, 1.82) is 0 Å². The first-order chi connectivity index (χ1) is 11.8. The van der Waals surface area contributed by atoms with Crippen LogP contribution < -0.4 is 5.32 Å². The van der Waals surface area contributed by atoms with Gasteiger partial charge in [0.1, 0.15) is 5.82 Å². The largest absolute Gasteiger partial charge is 0.481 e. The van der Waals surface area contributed by atoms with Crippen LogP contribution in [0.25, 0.3) is 6.08 Å². The average Bonchev–Trinajstić information content (AvgIpc) is 2.82. The predicted octanol–water partition coefficient (Wildman–Crippen LogP) is 4.28. The van der Waals surface area contributed by atoms with Crippen LogP contribution in [-0.4, -0.2) is 21.5 Å². The van der Waals surface area contributed by atoms with E-state index < -0.39 is 16.8 Å². The van der Waals surface area contributed by atoms with Crippen LogP contribution in [0.15, 0.2) is 46.9 Å². The number of rotatable bonds is 5. The molecule has 2 aromatic rings. The Labute approximate surface area is 147 Å². The zero-order valence-corrected chi connectivity index (χ0v) is 14.7. The highest BCUT2D eigenvalue weighted by atomic mass is 32.2. The van der Waals surface area contributed by atoms with Gasteiger partial charge in [-0.25, -0.2) is 4.39 Å². The Balaban J connectivity index is 1.98. The minimum atomic E-state index is -1.07. The second-order valence-corrected chi connectivity index (χ2v) is 7.48. The number of halogens is 1. The van der Waals surface area contributed by atoms with Gasteiger partial charge in [0, 0.05) is 39.2 Å². The lowest BCUT2D eigenvalue weighted by atomic mass is 9.91. The van der Waals surface area contributed by atoms with E-state index in [4.69, 9.17) is 0 Å². The summed E-state index contributed by atoms with van der Waals surface area (Å²) in [4.78, 5) is 11.9. The Morgan fingerprint density at radius 1 is 1.28 bits per heavy atom. The first-order valence-electron chi connectivity index (χ1n) is 7.79. The molecule has 0 aliphatic heterocycles. The quantitative estimate of drug-likeness (QED) is 0.836. The topological polar surface area (TPSA) is 66.4 Å². The summed E-state index contributed by atoms with van der Waals surface area (Å²) in [5, 5.41) is 12.4. The maximum atomic E-state index is 14.0. The van der Waals surface area contributed by atoms with Crippen LogP contribution in [0.1, 0.15) is 30.4 Å². The number of fused-ring (bicyclic) bond motifs is 1. The number of aliphatic carboxylic acids is 1. The summed E-state index contributed by atoms with van der Waals surface area (Å²) in [6, 6.07) is 9.85. The van der Waals surface area contributed by atoms with Crippen molar-refractivity contribution < 1.29 is 18.5 Å². The molecule has 1 aliphatic rings. The van der Waals surface area contributed by atoms with Crippen molar-refractivity contribution in [3.05, 3.63) is 58.9 Å². The second kappa shape index (κ2) is 6.80. The molecule has 4 nitrogen and oxygen atoms in total. The van der Waals surface area contributed by atoms with E-state index in [9.17, 15) is 18.5 Å². The summed E-state index contributed by atoms with van der Waals surface area (Å²) in [6.07, 6.45) is 3.40. The molecular weight excluding hydrogens is 341 g/mol. The lowest BCUT2D eigenvalue weighted by Gasteiger charge is -2.18. The molecule has 0 bridgehead atoms. The summed E-state index contributed by atoms with van der Waals surface area (Å²) in [5.41, 5.74) is 3.69. The molecule has 0 heterocycles. The van der Waals surface area contributed by atoms with E-state index in [2.05, 4.69) is 5.32 Å². The minimum absolute atomic E-state index is 0.0383. The smallest absolute Gasteiger partial charge is 0.304 e. The molecule has 2 aromatic carbocycles. The molecular formula is C19H18FNO3S. The molecule has 0 radical (unpaired) electrons. The molecule has 3 rings (SSSR count). The Kier molecular flexibility index (Phi) is 4.72. The van der Waals surface area contributed by atoms with E-state index in [1.165, 1.54) is 12.1 Å². The van der Waals surface area contributed by atoms with E-state index in [1.807, 2.05) is 13.0 Å². The summed E-state index contributed by atoms with van der Waals surface area (Å²) in [6.45, 7) is 1.86. The van der Waals surface area contributed by atoms with E-state index in [0.29, 0.717) is 16.1 Å². The Bertz CT molecular complexity index is 890. The van der Waals surface area contributed by atoms with Gasteiger partial charge < -0.3 is 10.4 Å². The normalized spacial score (nSPS) is 16.9. The predicted molar refractivity (Wildman–Crippen MR) is 97.1 cm³/mol. The maximum absolute atomic E-state index is 14.0. The number of anilines is 2. The molecule has 2 atom stereocenters. The molecule has 130 valence electrons. The van der Waals surface area contributed by atoms with Gasteiger partial charge in [0.2, 0.25) is 0 Å². The molecule has 0 saturated carbocycles. The molecule has 1 aliphatic carbocycles. The molecule has 0 saturated heterocycles. The number of allylic oxidation sites excluding steroid dienone is 1. The van der Waals surface area contributed by atoms with Gasteiger partial charge in [-0.2, -0.15) is 0 Å². The number of hydrogen-bond donors (Lipinski definition) is 2. The van der Waals surface area contributed by atoms with Gasteiger partial charge in [0.25, 0.3) is 0 Å². The van der Waals surface area contributed by atoms with Crippen LogP contribution in [-0.2, 0) is 15.6 Å². The van der Waals surface area contributed by atoms with Crippen LogP contribution >= 0.6 is 0 Å². The highest BCUT2D eigenvalue weighted by Gasteiger charge is 2.28. The molecule has 0 amide bonds. The molecule has 2 unspecified atom stereocenters. The fourth-order valence-corrected chi connectivity index (χ4v) is 3.67. The van der Waals surface area contributed by atoms with E-state index in [1.54, 1.807) is 30.5 Å². The fourth-order valence-electron chi connectivity index (χ4n) is 3.15. The van der Waals surface area contributed by atoms with Crippen LogP contribution in [0.4, 0.5) is 15.8 Å². The number of carboxylic acid groups (broad SMARTS) is 1. The third-order valence-electron chi connectivity index (χ3n) is 4.30. The zero-order valence-electron chi connectivity index (χ0n) is 13.9. The van der Waals surface area contributed by atoms with Gasteiger partial charge in [-0.15, -0.1) is 0 Å². The number of benzene rings is 2. The lowest BCUT2D eigenvalue weighted by Crippen LogP contribution is -2.08. The van der Waals surface area contributed by atoms with E-state index in [0.717, 1.165) is 16.8 Å². The van der Waals surface area contributed by atoms with Crippen molar-refractivity contribution in [2.75, 3.05) is 11.6 Å². The van der Waals surface area contributed by atoms with Crippen molar-refractivity contribution in [2.24, 2.45) is 0 Å². The maximum Gasteiger partial charge on any atom is 0.304 e. The monoisotopic (exact) mass is 359 g/mol. The fraction of sp³-hybridized carbons (Fsp3) is 0.211. The highest BCUT2D eigenvalue weighted by molar-refractivity contribution is 7.84. The molecule has 6 heteroatoms. The molecule has 25 heavy (non-hydrogen) atoms. The lowest BCUT2D eigenvalue weighted by molar-refractivity contribution is -0.137. The third-order valence-corrected chi connectivity index (χ3v) is 5.24. The Hall–Kier alpha value is -2.47. The first kappa shape index (κ1) is 17.4. The first-order valence-corrected chi connectivity index (χ1v) is 9.35. The van der Waals surface area contributed by atoms with E-state index in [-0.39, 0.29) is 18.2 Å². The van der Waals surface area contributed by atoms with Gasteiger partial charge in [-0.3, -0.25) is 9.00 Å². The molecule has 0 aromatic heterocycles. The Morgan fingerprint density at radius 3 is 2.56 bits per heavy atom. The minimum Gasteiger partial charge on any atom is -0.481 e. The summed E-state index contributed by atoms with van der Waals surface area (Å²) >= 11 is 0. The van der Waals surface area contributed by atoms with Crippen LogP contribution in [0.5, 0.6) is 0 Å². The molecule has 0 fully saturated rings. The van der Waals surface area contributed by atoms with Gasteiger partial charge >= 0.3 is 5.97 Å². The van der Waals surface area contributed by atoms with Crippen molar-refractivity contribution in [3.63, 3.8) is 0 Å². The van der Waals surface area contributed by atoms with Crippen molar-refractivity contribution in [2.45, 2.75) is 24.2 Å². The second-order valence-electron chi connectivity index (χ2n) is 6.10. The SMILES string of the molecule is CC1=Cc2cc(F)cc(Nc3ccc(S(C)=O)cc3)c2C1CC(=O)O. The van der Waals surface area contributed by atoms with Crippen LogP contribution in [0, 0.1) is 5.82 Å². The standard InChI is InChI=1S/C19H18FNO3S/c1-11-7-12-8-13(20)9-17(19(12)16(11)10-18(22)23)21-14-3-5-15(6-4-14)25(2)24/h3-9,16,21H,10H2,1-2H3,(H,22,23). The zero-order chi connectivity index (χ0) is 18.1. The van der Waals surface area contributed by atoms with E-state index >= 15 is 0 Å². The number of carbonyl (C=O) groups is 1. The van der Waals surface area contributed by atoms with Gasteiger partial charge in [-0.1, -0.05) is 11.6 Å².